The molecule has 17 heavy (non-hydrogen) atoms. The molecule has 2 saturated heterocycles. The maximum absolute atomic E-state index is 11.3. The summed E-state index contributed by atoms with van der Waals surface area (Å²) in [5.41, 5.74) is 0. The molecule has 0 bridgehead atoms. The maximum Gasteiger partial charge on any atom is 0.334 e. The van der Waals surface area contributed by atoms with Gasteiger partial charge in [-0.15, -0.1) is 11.3 Å². The van der Waals surface area contributed by atoms with E-state index in [-0.39, 0.29) is 12.3 Å². The van der Waals surface area contributed by atoms with Crippen molar-refractivity contribution in [1.29, 1.82) is 0 Å². The van der Waals surface area contributed by atoms with Gasteiger partial charge in [0.25, 0.3) is 0 Å². The van der Waals surface area contributed by atoms with Crippen LogP contribution in [0.1, 0.15) is 11.3 Å². The second-order valence-electron chi connectivity index (χ2n) is 3.88. The lowest BCUT2D eigenvalue weighted by Gasteiger charge is -2.33. The van der Waals surface area contributed by atoms with Crippen LogP contribution in [0.3, 0.4) is 0 Å². The van der Waals surface area contributed by atoms with Gasteiger partial charge in [0.05, 0.1) is 6.42 Å². The van der Waals surface area contributed by atoms with E-state index < -0.39 is 18.2 Å². The number of rotatable bonds is 2. The molecule has 1 N–H and O–H groups in total. The molecule has 3 rings (SSSR count). The molecule has 88 valence electrons. The molecule has 0 aromatic carbocycles. The lowest BCUT2D eigenvalue weighted by molar-refractivity contribution is -0.163. The third-order valence-corrected chi connectivity index (χ3v) is 3.65. The van der Waals surface area contributed by atoms with Gasteiger partial charge < -0.3 is 9.84 Å². The number of nitrogens with zero attached hydrogens (tertiary/aromatic N) is 1. The van der Waals surface area contributed by atoms with Gasteiger partial charge in [0, 0.05) is 4.88 Å². The molecule has 0 saturated carbocycles. The Morgan fingerprint density at radius 1 is 1.65 bits per heavy atom. The number of carbonyl (C=O) groups is 2. The zero-order valence-electron chi connectivity index (χ0n) is 8.70. The second-order valence-corrected chi connectivity index (χ2v) is 4.86. The monoisotopic (exact) mass is 251 g/mol. The zero-order chi connectivity index (χ0) is 12.0. The normalized spacial score (nSPS) is 28.8. The van der Waals surface area contributed by atoms with E-state index in [9.17, 15) is 9.59 Å². The summed E-state index contributed by atoms with van der Waals surface area (Å²) in [6.07, 6.45) is 1.57. The Bertz CT molecular complexity index is 508. The molecule has 2 aliphatic rings. The summed E-state index contributed by atoms with van der Waals surface area (Å²) in [7, 11) is 0. The minimum Gasteiger partial charge on any atom is -0.479 e. The smallest absolute Gasteiger partial charge is 0.334 e. The number of carboxylic acids is 1. The van der Waals surface area contributed by atoms with Crippen molar-refractivity contribution < 1.29 is 19.4 Å². The number of aliphatic carboxylic acids is 1. The molecule has 2 unspecified atom stereocenters. The van der Waals surface area contributed by atoms with Crippen molar-refractivity contribution in [1.82, 2.24) is 4.90 Å². The quantitative estimate of drug-likeness (QED) is 0.800. The van der Waals surface area contributed by atoms with Crippen LogP contribution < -0.4 is 0 Å². The van der Waals surface area contributed by atoms with E-state index >= 15 is 0 Å². The Hall–Kier alpha value is -1.82. The summed E-state index contributed by atoms with van der Waals surface area (Å²) in [5.74, 6) is -0.879. The molecule has 2 fully saturated rings. The summed E-state index contributed by atoms with van der Waals surface area (Å²) in [6, 6.07) is 2.78. The number of hydrogen-bond acceptors (Lipinski definition) is 4. The number of amides is 1. The average molecular weight is 251 g/mol. The van der Waals surface area contributed by atoms with Crippen LogP contribution in [0.15, 0.2) is 23.3 Å². The predicted molar refractivity (Wildman–Crippen MR) is 60.1 cm³/mol. The van der Waals surface area contributed by atoms with Gasteiger partial charge in [0.15, 0.2) is 12.3 Å². The van der Waals surface area contributed by atoms with Crippen molar-refractivity contribution in [2.45, 2.75) is 18.7 Å². The summed E-state index contributed by atoms with van der Waals surface area (Å²) in [5, 5.41) is 11.0. The van der Waals surface area contributed by atoms with Crippen molar-refractivity contribution >= 4 is 29.3 Å². The fourth-order valence-corrected chi connectivity index (χ4v) is 2.69. The molecule has 0 spiro atoms. The molecule has 1 amide bonds. The highest BCUT2D eigenvalue weighted by molar-refractivity contribution is 7.10. The average Bonchev–Trinajstić information content (AvgIpc) is 2.84. The van der Waals surface area contributed by atoms with Crippen molar-refractivity contribution in [3.05, 3.63) is 28.1 Å². The highest BCUT2D eigenvalue weighted by Crippen LogP contribution is 2.37. The van der Waals surface area contributed by atoms with Crippen LogP contribution in [0.4, 0.5) is 0 Å². The topological polar surface area (TPSA) is 66.8 Å². The first kappa shape index (κ1) is 10.3. The van der Waals surface area contributed by atoms with Crippen LogP contribution in [-0.4, -0.2) is 34.2 Å². The fraction of sp³-hybridized carbons (Fsp3) is 0.273. The van der Waals surface area contributed by atoms with E-state index in [1.165, 1.54) is 16.2 Å². The van der Waals surface area contributed by atoms with E-state index in [1.807, 2.05) is 17.5 Å². The largest absolute Gasteiger partial charge is 0.479 e. The second kappa shape index (κ2) is 3.59. The molecular formula is C11H9NO4S. The SMILES string of the molecule is O=C(O)C1C(=Cc2cccs2)OC2CC(=O)N21. The van der Waals surface area contributed by atoms with Crippen LogP contribution in [-0.2, 0) is 14.3 Å². The number of ether oxygens (including phenoxy) is 1. The van der Waals surface area contributed by atoms with Gasteiger partial charge in [-0.05, 0) is 17.5 Å². The van der Waals surface area contributed by atoms with Crippen LogP contribution in [0.25, 0.3) is 6.08 Å². The zero-order valence-corrected chi connectivity index (χ0v) is 9.52. The van der Waals surface area contributed by atoms with Gasteiger partial charge in [-0.1, -0.05) is 6.07 Å². The number of carbonyl (C=O) groups excluding carboxylic acids is 1. The van der Waals surface area contributed by atoms with Crippen molar-refractivity contribution in [2.75, 3.05) is 0 Å². The van der Waals surface area contributed by atoms with E-state index in [2.05, 4.69) is 0 Å². The lowest BCUT2D eigenvalue weighted by Crippen LogP contribution is -2.54. The molecule has 0 radical (unpaired) electrons. The van der Waals surface area contributed by atoms with Crippen molar-refractivity contribution in [3.8, 4) is 0 Å². The van der Waals surface area contributed by atoms with Crippen molar-refractivity contribution in [2.24, 2.45) is 0 Å². The number of thiophene rings is 1. The Morgan fingerprint density at radius 2 is 2.47 bits per heavy atom. The van der Waals surface area contributed by atoms with Gasteiger partial charge in [0.2, 0.25) is 5.91 Å². The number of hydrogen-bond donors (Lipinski definition) is 1. The fourth-order valence-electron chi connectivity index (χ4n) is 2.04. The summed E-state index contributed by atoms with van der Waals surface area (Å²) in [6.45, 7) is 0. The Labute approximate surface area is 101 Å². The predicted octanol–water partition coefficient (Wildman–Crippen LogP) is 1.13. The molecule has 0 aliphatic carbocycles. The molecule has 2 atom stereocenters. The first-order valence-corrected chi connectivity index (χ1v) is 6.00. The van der Waals surface area contributed by atoms with Gasteiger partial charge in [-0.2, -0.15) is 0 Å². The summed E-state index contributed by atoms with van der Waals surface area (Å²) < 4.78 is 5.47. The van der Waals surface area contributed by atoms with Crippen LogP contribution in [0.2, 0.25) is 0 Å². The van der Waals surface area contributed by atoms with Crippen LogP contribution >= 0.6 is 11.3 Å². The highest BCUT2D eigenvalue weighted by atomic mass is 32.1. The summed E-state index contributed by atoms with van der Waals surface area (Å²) >= 11 is 1.49. The minimum atomic E-state index is -1.05. The minimum absolute atomic E-state index is 0.169. The Kier molecular flexibility index (Phi) is 2.19. The maximum atomic E-state index is 11.3. The van der Waals surface area contributed by atoms with Crippen LogP contribution in [0.5, 0.6) is 0 Å². The summed E-state index contributed by atoms with van der Waals surface area (Å²) in [4.78, 5) is 24.7. The first-order chi connectivity index (χ1) is 8.16. The van der Waals surface area contributed by atoms with E-state index in [4.69, 9.17) is 9.84 Å². The van der Waals surface area contributed by atoms with Gasteiger partial charge in [0.1, 0.15) is 5.76 Å². The molecule has 3 heterocycles. The van der Waals surface area contributed by atoms with E-state index in [0.29, 0.717) is 5.76 Å². The van der Waals surface area contributed by atoms with Crippen LogP contribution in [0, 0.1) is 0 Å². The van der Waals surface area contributed by atoms with Gasteiger partial charge >= 0.3 is 5.97 Å². The molecule has 5 nitrogen and oxygen atoms in total. The standard InChI is InChI=1S/C11H9NO4S/c13-8-5-9-12(8)10(11(14)15)7(16-9)4-6-2-1-3-17-6/h1-4,9-10H,5H2,(H,14,15). The molecule has 6 heteroatoms. The first-order valence-electron chi connectivity index (χ1n) is 5.12. The number of β-lactam (4-membered cyclic amide) rings is 1. The number of fused-ring (bicyclic) bond motifs is 1. The highest BCUT2D eigenvalue weighted by Gasteiger charge is 2.53. The molecule has 1 aromatic rings. The Balaban J connectivity index is 1.95. The van der Waals surface area contributed by atoms with Crippen molar-refractivity contribution in [3.63, 3.8) is 0 Å². The lowest BCUT2D eigenvalue weighted by atomic mass is 10.1. The third kappa shape index (κ3) is 1.52. The third-order valence-electron chi connectivity index (χ3n) is 2.83. The van der Waals surface area contributed by atoms with Gasteiger partial charge in [-0.3, -0.25) is 9.69 Å². The van der Waals surface area contributed by atoms with Gasteiger partial charge in [-0.25, -0.2) is 4.79 Å². The number of carboxylic acid groups (broad SMARTS) is 1. The molecule has 2 aliphatic heterocycles. The Morgan fingerprint density at radius 3 is 3.06 bits per heavy atom. The molecular weight excluding hydrogens is 242 g/mol. The van der Waals surface area contributed by atoms with E-state index in [1.54, 1.807) is 6.08 Å². The van der Waals surface area contributed by atoms with E-state index in [0.717, 1.165) is 4.88 Å². The molecule has 1 aromatic heterocycles.